The van der Waals surface area contributed by atoms with E-state index in [4.69, 9.17) is 11.6 Å². The van der Waals surface area contributed by atoms with E-state index in [0.29, 0.717) is 12.1 Å². The van der Waals surface area contributed by atoms with Crippen LogP contribution >= 0.6 is 11.6 Å². The van der Waals surface area contributed by atoms with Crippen molar-refractivity contribution in [1.29, 1.82) is 0 Å². The van der Waals surface area contributed by atoms with Gasteiger partial charge in [-0.1, -0.05) is 43.6 Å². The highest BCUT2D eigenvalue weighted by molar-refractivity contribution is 6.31. The monoisotopic (exact) mass is 211 g/mol. The molecule has 0 spiro atoms. The zero-order valence-electron chi connectivity index (χ0n) is 9.05. The minimum Gasteiger partial charge on any atom is -0.312 e. The van der Waals surface area contributed by atoms with Crippen molar-refractivity contribution < 1.29 is 0 Å². The van der Waals surface area contributed by atoms with Crippen LogP contribution in [0, 0.1) is 0 Å². The van der Waals surface area contributed by atoms with Crippen molar-refractivity contribution in [3.8, 4) is 0 Å². The summed E-state index contributed by atoms with van der Waals surface area (Å²) in [6.45, 7) is 6.50. The molecule has 0 aliphatic heterocycles. The van der Waals surface area contributed by atoms with Crippen molar-refractivity contribution in [2.24, 2.45) is 0 Å². The fourth-order valence-electron chi connectivity index (χ4n) is 1.62. The predicted octanol–water partition coefficient (Wildman–Crippen LogP) is 3.27. The molecule has 0 saturated carbocycles. The molecular formula is C12H18ClN. The van der Waals surface area contributed by atoms with Crippen molar-refractivity contribution in [3.05, 3.63) is 34.9 Å². The zero-order chi connectivity index (χ0) is 10.6. The maximum absolute atomic E-state index is 6.08. The Labute approximate surface area is 91.5 Å². The van der Waals surface area contributed by atoms with E-state index in [1.54, 1.807) is 0 Å². The summed E-state index contributed by atoms with van der Waals surface area (Å²) in [4.78, 5) is 0. The van der Waals surface area contributed by atoms with Crippen LogP contribution in [0.15, 0.2) is 24.3 Å². The van der Waals surface area contributed by atoms with Gasteiger partial charge in [-0.05, 0) is 25.0 Å². The summed E-state index contributed by atoms with van der Waals surface area (Å²) in [7, 11) is 0. The Kier molecular flexibility index (Phi) is 4.43. The van der Waals surface area contributed by atoms with Gasteiger partial charge in [-0.3, -0.25) is 0 Å². The summed E-state index contributed by atoms with van der Waals surface area (Å²) >= 11 is 6.08. The van der Waals surface area contributed by atoms with E-state index in [2.05, 4.69) is 32.2 Å². The largest absolute Gasteiger partial charge is 0.312 e. The first-order valence-corrected chi connectivity index (χ1v) is 5.47. The second-order valence-corrected chi connectivity index (χ2v) is 4.43. The Bertz CT molecular complexity index is 283. The van der Waals surface area contributed by atoms with Crippen LogP contribution in [0.4, 0.5) is 0 Å². The molecule has 1 rings (SSSR count). The minimum absolute atomic E-state index is 0.467. The first-order chi connectivity index (χ1) is 6.59. The Balaban J connectivity index is 2.56. The number of hydrogen-bond donors (Lipinski definition) is 1. The molecule has 0 aliphatic carbocycles. The molecular weight excluding hydrogens is 194 g/mol. The van der Waals surface area contributed by atoms with Gasteiger partial charge in [0.2, 0.25) is 0 Å². The molecule has 0 aromatic heterocycles. The van der Waals surface area contributed by atoms with Gasteiger partial charge in [0, 0.05) is 17.1 Å². The molecule has 0 fully saturated rings. The topological polar surface area (TPSA) is 12.0 Å². The minimum atomic E-state index is 0.467. The van der Waals surface area contributed by atoms with Gasteiger partial charge in [0.1, 0.15) is 0 Å². The zero-order valence-corrected chi connectivity index (χ0v) is 9.81. The molecule has 0 heterocycles. The van der Waals surface area contributed by atoms with Crippen LogP contribution in [0.25, 0.3) is 0 Å². The Morgan fingerprint density at radius 1 is 1.21 bits per heavy atom. The normalized spacial score (nSPS) is 13.2. The third-order valence-corrected chi connectivity index (χ3v) is 2.47. The van der Waals surface area contributed by atoms with Crippen LogP contribution < -0.4 is 5.32 Å². The number of rotatable bonds is 4. The fourth-order valence-corrected chi connectivity index (χ4v) is 1.83. The molecule has 0 aliphatic rings. The SMILES string of the molecule is CC(C)NC(C)Cc1ccccc1Cl. The second-order valence-electron chi connectivity index (χ2n) is 4.02. The maximum Gasteiger partial charge on any atom is 0.0438 e. The van der Waals surface area contributed by atoms with E-state index in [0.717, 1.165) is 11.4 Å². The number of halogens is 1. The van der Waals surface area contributed by atoms with Crippen LogP contribution in [0.3, 0.4) is 0 Å². The van der Waals surface area contributed by atoms with Gasteiger partial charge < -0.3 is 5.32 Å². The fraction of sp³-hybridized carbons (Fsp3) is 0.500. The summed E-state index contributed by atoms with van der Waals surface area (Å²) in [6.07, 6.45) is 0.984. The molecule has 1 nitrogen and oxygen atoms in total. The van der Waals surface area contributed by atoms with Crippen LogP contribution in [0.1, 0.15) is 26.3 Å². The summed E-state index contributed by atoms with van der Waals surface area (Å²) < 4.78 is 0. The highest BCUT2D eigenvalue weighted by atomic mass is 35.5. The van der Waals surface area contributed by atoms with Gasteiger partial charge in [0.05, 0.1) is 0 Å². The lowest BCUT2D eigenvalue weighted by Crippen LogP contribution is -2.33. The molecule has 0 saturated heterocycles. The summed E-state index contributed by atoms with van der Waals surface area (Å²) in [5.74, 6) is 0. The highest BCUT2D eigenvalue weighted by Crippen LogP contribution is 2.16. The average Bonchev–Trinajstić information content (AvgIpc) is 2.07. The number of hydrogen-bond acceptors (Lipinski definition) is 1. The quantitative estimate of drug-likeness (QED) is 0.806. The molecule has 1 N–H and O–H groups in total. The van der Waals surface area contributed by atoms with E-state index < -0.39 is 0 Å². The Morgan fingerprint density at radius 2 is 1.86 bits per heavy atom. The van der Waals surface area contributed by atoms with Crippen molar-refractivity contribution in [1.82, 2.24) is 5.32 Å². The molecule has 2 heteroatoms. The van der Waals surface area contributed by atoms with Crippen molar-refractivity contribution in [3.63, 3.8) is 0 Å². The maximum atomic E-state index is 6.08. The summed E-state index contributed by atoms with van der Waals surface area (Å²) in [5, 5.41) is 4.33. The molecule has 0 radical (unpaired) electrons. The average molecular weight is 212 g/mol. The van der Waals surface area contributed by atoms with Crippen LogP contribution in [0.5, 0.6) is 0 Å². The van der Waals surface area contributed by atoms with Crippen molar-refractivity contribution in [2.45, 2.75) is 39.3 Å². The van der Waals surface area contributed by atoms with Crippen LogP contribution in [0.2, 0.25) is 5.02 Å². The molecule has 78 valence electrons. The highest BCUT2D eigenvalue weighted by Gasteiger charge is 2.06. The number of nitrogens with one attached hydrogen (secondary N) is 1. The van der Waals surface area contributed by atoms with Crippen molar-refractivity contribution in [2.75, 3.05) is 0 Å². The third kappa shape index (κ3) is 3.69. The Morgan fingerprint density at radius 3 is 2.43 bits per heavy atom. The standard InChI is InChI=1S/C12H18ClN/c1-9(2)14-10(3)8-11-6-4-5-7-12(11)13/h4-7,9-10,14H,8H2,1-3H3. The summed E-state index contributed by atoms with van der Waals surface area (Å²) in [5.41, 5.74) is 1.22. The lowest BCUT2D eigenvalue weighted by atomic mass is 10.1. The number of benzene rings is 1. The second kappa shape index (κ2) is 5.38. The molecule has 0 amide bonds. The van der Waals surface area contributed by atoms with Gasteiger partial charge in [0.25, 0.3) is 0 Å². The lowest BCUT2D eigenvalue weighted by Gasteiger charge is -2.17. The third-order valence-electron chi connectivity index (χ3n) is 2.10. The molecule has 1 atom stereocenters. The molecule has 1 aromatic carbocycles. The molecule has 14 heavy (non-hydrogen) atoms. The van der Waals surface area contributed by atoms with Gasteiger partial charge in [-0.25, -0.2) is 0 Å². The molecule has 1 aromatic rings. The lowest BCUT2D eigenvalue weighted by molar-refractivity contribution is 0.488. The first-order valence-electron chi connectivity index (χ1n) is 5.09. The molecule has 0 bridgehead atoms. The van der Waals surface area contributed by atoms with E-state index >= 15 is 0 Å². The van der Waals surface area contributed by atoms with Gasteiger partial charge >= 0.3 is 0 Å². The van der Waals surface area contributed by atoms with E-state index in [1.807, 2.05) is 18.2 Å². The predicted molar refractivity (Wildman–Crippen MR) is 62.9 cm³/mol. The van der Waals surface area contributed by atoms with Crippen molar-refractivity contribution >= 4 is 11.6 Å². The van der Waals surface area contributed by atoms with Crippen LogP contribution in [-0.4, -0.2) is 12.1 Å². The van der Waals surface area contributed by atoms with Gasteiger partial charge in [-0.2, -0.15) is 0 Å². The smallest absolute Gasteiger partial charge is 0.0438 e. The van der Waals surface area contributed by atoms with Gasteiger partial charge in [0.15, 0.2) is 0 Å². The van der Waals surface area contributed by atoms with Gasteiger partial charge in [-0.15, -0.1) is 0 Å². The first kappa shape index (κ1) is 11.5. The summed E-state index contributed by atoms with van der Waals surface area (Å²) in [6, 6.07) is 9.01. The molecule has 1 unspecified atom stereocenters. The van der Waals surface area contributed by atoms with Crippen LogP contribution in [-0.2, 0) is 6.42 Å². The van der Waals surface area contributed by atoms with E-state index in [-0.39, 0.29) is 0 Å². The Hall–Kier alpha value is -0.530. The van der Waals surface area contributed by atoms with E-state index in [9.17, 15) is 0 Å². The van der Waals surface area contributed by atoms with E-state index in [1.165, 1.54) is 5.56 Å².